The van der Waals surface area contributed by atoms with Crippen LogP contribution in [0.3, 0.4) is 0 Å². The van der Waals surface area contributed by atoms with Crippen molar-refractivity contribution in [1.82, 2.24) is 4.90 Å². The third-order valence-corrected chi connectivity index (χ3v) is 5.84. The van der Waals surface area contributed by atoms with Crippen LogP contribution >= 0.6 is 24.0 Å². The van der Waals surface area contributed by atoms with E-state index in [9.17, 15) is 9.59 Å². The van der Waals surface area contributed by atoms with Gasteiger partial charge in [0, 0.05) is 13.0 Å². The number of aliphatic carboxylic acids is 1. The monoisotopic (exact) mass is 411 g/mol. The molecule has 6 heteroatoms. The fraction of sp³-hybridized carbons (Fsp3) is 0.227. The Morgan fingerprint density at radius 3 is 2.36 bits per heavy atom. The van der Waals surface area contributed by atoms with E-state index in [0.29, 0.717) is 22.2 Å². The average Bonchev–Trinajstić information content (AvgIpc) is 2.96. The third-order valence-electron chi connectivity index (χ3n) is 4.46. The number of thioether (sulfide) groups is 1. The van der Waals surface area contributed by atoms with Gasteiger partial charge in [0.25, 0.3) is 5.91 Å². The Bertz CT molecular complexity index is 892. The molecule has 144 valence electrons. The maximum Gasteiger partial charge on any atom is 0.303 e. The standard InChI is InChI=1S/C22H21NO3S2/c24-20(25)9-5-2-6-14-23-21(26)19(28-22(23)27)15-16-10-12-18(13-11-16)17-7-3-1-4-8-17/h1,3-4,7-8,10-13,15H,2,5-6,9,14H2,(H,24,25)/b19-15+. The zero-order valence-corrected chi connectivity index (χ0v) is 17.0. The van der Waals surface area contributed by atoms with Crippen molar-refractivity contribution in [2.24, 2.45) is 0 Å². The first-order valence-corrected chi connectivity index (χ1v) is 10.4. The van der Waals surface area contributed by atoms with Crippen LogP contribution in [0.25, 0.3) is 17.2 Å². The second kappa shape index (κ2) is 9.66. The normalized spacial score (nSPS) is 15.4. The summed E-state index contributed by atoms with van der Waals surface area (Å²) in [5, 5.41) is 8.67. The lowest BCUT2D eigenvalue weighted by Crippen LogP contribution is -2.29. The first-order chi connectivity index (χ1) is 13.5. The number of amides is 1. The second-order valence-corrected chi connectivity index (χ2v) is 8.20. The number of carboxylic acids is 1. The van der Waals surface area contributed by atoms with Gasteiger partial charge in [-0.25, -0.2) is 0 Å². The smallest absolute Gasteiger partial charge is 0.303 e. The van der Waals surface area contributed by atoms with Gasteiger partial charge in [-0.05, 0) is 35.6 Å². The van der Waals surface area contributed by atoms with Crippen LogP contribution in [0.4, 0.5) is 0 Å². The molecule has 3 rings (SSSR count). The number of nitrogens with zero attached hydrogens (tertiary/aromatic N) is 1. The van der Waals surface area contributed by atoms with Gasteiger partial charge in [0.05, 0.1) is 4.91 Å². The van der Waals surface area contributed by atoms with Gasteiger partial charge in [-0.15, -0.1) is 0 Å². The number of unbranched alkanes of at least 4 members (excludes halogenated alkanes) is 2. The van der Waals surface area contributed by atoms with Crippen molar-refractivity contribution in [3.05, 3.63) is 65.1 Å². The molecule has 0 aliphatic carbocycles. The zero-order chi connectivity index (χ0) is 19.9. The number of thiocarbonyl (C=S) groups is 1. The van der Waals surface area contributed by atoms with E-state index in [4.69, 9.17) is 17.3 Å². The van der Waals surface area contributed by atoms with E-state index >= 15 is 0 Å². The molecule has 1 fully saturated rings. The van der Waals surface area contributed by atoms with Gasteiger partial charge in [-0.2, -0.15) is 0 Å². The minimum Gasteiger partial charge on any atom is -0.481 e. The van der Waals surface area contributed by atoms with Crippen LogP contribution in [0.2, 0.25) is 0 Å². The lowest BCUT2D eigenvalue weighted by molar-refractivity contribution is -0.137. The summed E-state index contributed by atoms with van der Waals surface area (Å²) in [6.45, 7) is 0.536. The van der Waals surface area contributed by atoms with E-state index in [1.807, 2.05) is 48.5 Å². The maximum atomic E-state index is 12.6. The van der Waals surface area contributed by atoms with E-state index in [1.54, 1.807) is 4.90 Å². The summed E-state index contributed by atoms with van der Waals surface area (Å²) in [4.78, 5) is 25.4. The van der Waals surface area contributed by atoms with Gasteiger partial charge in [-0.3, -0.25) is 14.5 Å². The molecule has 0 unspecified atom stereocenters. The Balaban J connectivity index is 1.60. The van der Waals surface area contributed by atoms with Crippen molar-refractivity contribution in [2.75, 3.05) is 6.54 Å². The average molecular weight is 412 g/mol. The molecule has 1 amide bonds. The molecule has 0 saturated carbocycles. The van der Waals surface area contributed by atoms with Gasteiger partial charge >= 0.3 is 5.97 Å². The number of carbonyl (C=O) groups is 2. The molecule has 2 aromatic rings. The van der Waals surface area contributed by atoms with E-state index in [0.717, 1.165) is 29.5 Å². The predicted octanol–water partition coefficient (Wildman–Crippen LogP) is 5.20. The molecular formula is C22H21NO3S2. The molecule has 2 aromatic carbocycles. The number of carboxylic acid groups (broad SMARTS) is 1. The Morgan fingerprint density at radius 1 is 1.00 bits per heavy atom. The number of rotatable bonds is 8. The van der Waals surface area contributed by atoms with Gasteiger partial charge in [0.1, 0.15) is 4.32 Å². The minimum absolute atomic E-state index is 0.0691. The Morgan fingerprint density at radius 2 is 1.68 bits per heavy atom. The fourth-order valence-electron chi connectivity index (χ4n) is 2.97. The highest BCUT2D eigenvalue weighted by Crippen LogP contribution is 2.33. The predicted molar refractivity (Wildman–Crippen MR) is 118 cm³/mol. The number of carbonyl (C=O) groups excluding carboxylic acids is 1. The molecule has 0 atom stereocenters. The topological polar surface area (TPSA) is 57.6 Å². The first-order valence-electron chi connectivity index (χ1n) is 9.17. The summed E-state index contributed by atoms with van der Waals surface area (Å²) in [6, 6.07) is 18.2. The van der Waals surface area contributed by atoms with E-state index in [-0.39, 0.29) is 12.3 Å². The van der Waals surface area contributed by atoms with Crippen LogP contribution < -0.4 is 0 Å². The Hall–Kier alpha value is -2.44. The highest BCUT2D eigenvalue weighted by atomic mass is 32.2. The second-order valence-electron chi connectivity index (χ2n) is 6.53. The molecule has 1 saturated heterocycles. The van der Waals surface area contributed by atoms with Crippen LogP contribution in [0, 0.1) is 0 Å². The lowest BCUT2D eigenvalue weighted by Gasteiger charge is -2.13. The molecule has 1 heterocycles. The Labute approximate surface area is 174 Å². The minimum atomic E-state index is -0.785. The van der Waals surface area contributed by atoms with Crippen molar-refractivity contribution < 1.29 is 14.7 Å². The lowest BCUT2D eigenvalue weighted by atomic mass is 10.0. The highest BCUT2D eigenvalue weighted by Gasteiger charge is 2.31. The summed E-state index contributed by atoms with van der Waals surface area (Å²) in [7, 11) is 0. The van der Waals surface area contributed by atoms with E-state index in [1.165, 1.54) is 11.8 Å². The number of hydrogen-bond donors (Lipinski definition) is 1. The number of benzene rings is 2. The van der Waals surface area contributed by atoms with Crippen LogP contribution in [0.1, 0.15) is 31.2 Å². The highest BCUT2D eigenvalue weighted by molar-refractivity contribution is 8.26. The van der Waals surface area contributed by atoms with Crippen molar-refractivity contribution in [3.63, 3.8) is 0 Å². The van der Waals surface area contributed by atoms with Gasteiger partial charge in [0.15, 0.2) is 0 Å². The van der Waals surface area contributed by atoms with Crippen molar-refractivity contribution in [3.8, 4) is 11.1 Å². The molecule has 1 aliphatic heterocycles. The van der Waals surface area contributed by atoms with Crippen LogP contribution in [-0.2, 0) is 9.59 Å². The SMILES string of the molecule is O=C(O)CCCCCN1C(=O)/C(=C\c2ccc(-c3ccccc3)cc2)SC1=S. The third kappa shape index (κ3) is 5.30. The summed E-state index contributed by atoms with van der Waals surface area (Å²) in [5.74, 6) is -0.854. The van der Waals surface area contributed by atoms with E-state index in [2.05, 4.69) is 12.1 Å². The Kier molecular flexibility index (Phi) is 7.01. The van der Waals surface area contributed by atoms with Gasteiger partial charge in [0.2, 0.25) is 0 Å². The molecule has 0 bridgehead atoms. The molecule has 4 nitrogen and oxygen atoms in total. The summed E-state index contributed by atoms with van der Waals surface area (Å²) in [6.07, 6.45) is 4.17. The molecule has 0 spiro atoms. The summed E-state index contributed by atoms with van der Waals surface area (Å²) < 4.78 is 0.565. The van der Waals surface area contributed by atoms with Crippen molar-refractivity contribution >= 4 is 46.3 Å². The number of hydrogen-bond acceptors (Lipinski definition) is 4. The molecule has 0 aromatic heterocycles. The van der Waals surface area contributed by atoms with Crippen LogP contribution in [-0.4, -0.2) is 32.7 Å². The quantitative estimate of drug-likeness (QED) is 0.368. The zero-order valence-electron chi connectivity index (χ0n) is 15.3. The summed E-state index contributed by atoms with van der Waals surface area (Å²) >= 11 is 6.67. The van der Waals surface area contributed by atoms with Crippen molar-refractivity contribution in [1.29, 1.82) is 0 Å². The first kappa shape index (κ1) is 20.3. The molecule has 0 radical (unpaired) electrons. The van der Waals surface area contributed by atoms with Crippen LogP contribution in [0.5, 0.6) is 0 Å². The van der Waals surface area contributed by atoms with E-state index < -0.39 is 5.97 Å². The van der Waals surface area contributed by atoms with Crippen LogP contribution in [0.15, 0.2) is 59.5 Å². The molecule has 28 heavy (non-hydrogen) atoms. The molecule has 1 aliphatic rings. The maximum absolute atomic E-state index is 12.6. The molecule has 1 N–H and O–H groups in total. The van der Waals surface area contributed by atoms with Crippen molar-refractivity contribution in [2.45, 2.75) is 25.7 Å². The van der Waals surface area contributed by atoms with Gasteiger partial charge in [-0.1, -0.05) is 85.0 Å². The largest absolute Gasteiger partial charge is 0.481 e. The fourth-order valence-corrected chi connectivity index (χ4v) is 4.28. The summed E-state index contributed by atoms with van der Waals surface area (Å²) in [5.41, 5.74) is 3.25. The molecular weight excluding hydrogens is 390 g/mol. The van der Waals surface area contributed by atoms with Gasteiger partial charge < -0.3 is 5.11 Å².